The first kappa shape index (κ1) is 19.5. The Bertz CT molecular complexity index is 831. The molecule has 1 amide bonds. The first-order chi connectivity index (χ1) is 13.5. The number of esters is 1. The minimum Gasteiger partial charge on any atom is -0.494 e. The number of benzene rings is 2. The molecule has 0 spiro atoms. The van der Waals surface area contributed by atoms with Crippen LogP contribution in [0.1, 0.15) is 30.6 Å². The summed E-state index contributed by atoms with van der Waals surface area (Å²) >= 11 is 0. The molecule has 0 atom stereocenters. The smallest absolute Gasteiger partial charge is 0.338 e. The van der Waals surface area contributed by atoms with Crippen molar-refractivity contribution in [3.8, 4) is 17.2 Å². The molecule has 0 aliphatic carbocycles. The minimum absolute atomic E-state index is 0.159. The molecule has 1 aliphatic rings. The van der Waals surface area contributed by atoms with Crippen molar-refractivity contribution in [2.75, 3.05) is 25.3 Å². The summed E-state index contributed by atoms with van der Waals surface area (Å²) in [5, 5.41) is 2.65. The van der Waals surface area contributed by atoms with Gasteiger partial charge in [0.2, 0.25) is 6.79 Å². The van der Waals surface area contributed by atoms with Crippen LogP contribution in [0, 0.1) is 5.92 Å². The van der Waals surface area contributed by atoms with Gasteiger partial charge < -0.3 is 24.3 Å². The molecule has 1 N–H and O–H groups in total. The summed E-state index contributed by atoms with van der Waals surface area (Å²) in [6, 6.07) is 11.7. The van der Waals surface area contributed by atoms with Crippen LogP contribution >= 0.6 is 0 Å². The van der Waals surface area contributed by atoms with E-state index in [1.54, 1.807) is 42.5 Å². The Morgan fingerprint density at radius 2 is 1.82 bits per heavy atom. The highest BCUT2D eigenvalue weighted by Crippen LogP contribution is 2.34. The van der Waals surface area contributed by atoms with Crippen LogP contribution in [0.4, 0.5) is 5.69 Å². The van der Waals surface area contributed by atoms with Crippen LogP contribution in [0.15, 0.2) is 42.5 Å². The fourth-order valence-electron chi connectivity index (χ4n) is 2.49. The number of fused-ring (bicyclic) bond motifs is 1. The lowest BCUT2D eigenvalue weighted by molar-refractivity contribution is -0.119. The number of carbonyl (C=O) groups is 2. The highest BCUT2D eigenvalue weighted by molar-refractivity contribution is 5.95. The van der Waals surface area contributed by atoms with Crippen molar-refractivity contribution >= 4 is 17.6 Å². The maximum atomic E-state index is 12.1. The summed E-state index contributed by atoms with van der Waals surface area (Å²) in [6.45, 7) is 4.66. The third-order valence-corrected chi connectivity index (χ3v) is 4.04. The normalized spacial score (nSPS) is 12.0. The van der Waals surface area contributed by atoms with E-state index in [1.165, 1.54) is 0 Å². The standard InChI is InChI=1S/C21H23NO6/c1-14(2)9-10-25-17-6-3-15(4-7-17)21(24)26-12-20(23)22-16-5-8-18-19(11-16)28-13-27-18/h3-8,11,14H,9-10,12-13H2,1-2H3,(H,22,23). The number of anilines is 1. The molecule has 1 heterocycles. The van der Waals surface area contributed by atoms with Gasteiger partial charge in [-0.25, -0.2) is 4.79 Å². The monoisotopic (exact) mass is 385 g/mol. The molecule has 1 aliphatic heterocycles. The minimum atomic E-state index is -0.574. The van der Waals surface area contributed by atoms with Crippen molar-refractivity contribution in [3.63, 3.8) is 0 Å². The fraction of sp³-hybridized carbons (Fsp3) is 0.333. The maximum absolute atomic E-state index is 12.1. The molecule has 0 saturated heterocycles. The van der Waals surface area contributed by atoms with Gasteiger partial charge in [-0.15, -0.1) is 0 Å². The van der Waals surface area contributed by atoms with Crippen LogP contribution in [0.5, 0.6) is 17.2 Å². The number of carbonyl (C=O) groups excluding carboxylic acids is 2. The molecule has 0 radical (unpaired) electrons. The second-order valence-electron chi connectivity index (χ2n) is 6.75. The quantitative estimate of drug-likeness (QED) is 0.699. The summed E-state index contributed by atoms with van der Waals surface area (Å²) in [4.78, 5) is 24.1. The van der Waals surface area contributed by atoms with Crippen molar-refractivity contribution in [2.24, 2.45) is 5.92 Å². The molecule has 2 aromatic carbocycles. The molecule has 2 aromatic rings. The number of hydrogen-bond acceptors (Lipinski definition) is 6. The van der Waals surface area contributed by atoms with Crippen LogP contribution in [0.2, 0.25) is 0 Å². The third kappa shape index (κ3) is 5.39. The van der Waals surface area contributed by atoms with Crippen LogP contribution in [0.25, 0.3) is 0 Å². The zero-order valence-corrected chi connectivity index (χ0v) is 15.9. The Morgan fingerprint density at radius 1 is 1.07 bits per heavy atom. The van der Waals surface area contributed by atoms with Crippen LogP contribution < -0.4 is 19.5 Å². The average Bonchev–Trinajstić information content (AvgIpc) is 3.14. The maximum Gasteiger partial charge on any atom is 0.338 e. The molecule has 148 valence electrons. The van der Waals surface area contributed by atoms with Gasteiger partial charge in [-0.05, 0) is 48.7 Å². The molecular weight excluding hydrogens is 362 g/mol. The molecule has 7 heteroatoms. The molecule has 0 unspecified atom stereocenters. The number of nitrogens with one attached hydrogen (secondary N) is 1. The van der Waals surface area contributed by atoms with Crippen molar-refractivity contribution < 1.29 is 28.5 Å². The summed E-state index contributed by atoms with van der Waals surface area (Å²) in [5.74, 6) is 1.43. The summed E-state index contributed by atoms with van der Waals surface area (Å²) in [6.07, 6.45) is 0.961. The highest BCUT2D eigenvalue weighted by Gasteiger charge is 2.15. The van der Waals surface area contributed by atoms with Crippen LogP contribution in [0.3, 0.4) is 0 Å². The Kier molecular flexibility index (Phi) is 6.37. The first-order valence-corrected chi connectivity index (χ1v) is 9.11. The first-order valence-electron chi connectivity index (χ1n) is 9.11. The highest BCUT2D eigenvalue weighted by atomic mass is 16.7. The van der Waals surface area contributed by atoms with Crippen LogP contribution in [-0.4, -0.2) is 31.9 Å². The third-order valence-electron chi connectivity index (χ3n) is 4.04. The van der Waals surface area contributed by atoms with E-state index < -0.39 is 11.9 Å². The molecular formula is C21H23NO6. The number of rotatable bonds is 8. The number of hydrogen-bond donors (Lipinski definition) is 1. The van der Waals surface area contributed by atoms with Gasteiger partial charge in [-0.3, -0.25) is 4.79 Å². The zero-order valence-electron chi connectivity index (χ0n) is 15.9. The van der Waals surface area contributed by atoms with Gasteiger partial charge in [-0.2, -0.15) is 0 Å². The predicted octanol–water partition coefficient (Wildman–Crippen LogP) is 3.64. The van der Waals surface area contributed by atoms with E-state index in [-0.39, 0.29) is 13.4 Å². The van der Waals surface area contributed by atoms with E-state index in [4.69, 9.17) is 18.9 Å². The lowest BCUT2D eigenvalue weighted by Gasteiger charge is -2.09. The van der Waals surface area contributed by atoms with Crippen molar-refractivity contribution in [1.82, 2.24) is 0 Å². The lowest BCUT2D eigenvalue weighted by Crippen LogP contribution is -2.20. The Labute approximate surface area is 163 Å². The van der Waals surface area contributed by atoms with Crippen molar-refractivity contribution in [2.45, 2.75) is 20.3 Å². The second-order valence-corrected chi connectivity index (χ2v) is 6.75. The molecule has 0 fully saturated rings. The van der Waals surface area contributed by atoms with E-state index in [0.29, 0.717) is 41.0 Å². The average molecular weight is 385 g/mol. The molecule has 7 nitrogen and oxygen atoms in total. The summed E-state index contributed by atoms with van der Waals surface area (Å²) in [7, 11) is 0. The lowest BCUT2D eigenvalue weighted by atomic mass is 10.1. The fourth-order valence-corrected chi connectivity index (χ4v) is 2.49. The largest absolute Gasteiger partial charge is 0.494 e. The number of ether oxygens (including phenoxy) is 4. The molecule has 0 bridgehead atoms. The topological polar surface area (TPSA) is 83.1 Å². The Balaban J connectivity index is 1.45. The van der Waals surface area contributed by atoms with E-state index in [9.17, 15) is 9.59 Å². The van der Waals surface area contributed by atoms with Gasteiger partial charge in [-0.1, -0.05) is 13.8 Å². The van der Waals surface area contributed by atoms with Gasteiger partial charge in [0.05, 0.1) is 12.2 Å². The second kappa shape index (κ2) is 9.12. The zero-order chi connectivity index (χ0) is 19.9. The molecule has 28 heavy (non-hydrogen) atoms. The Morgan fingerprint density at radius 3 is 2.57 bits per heavy atom. The number of amides is 1. The van der Waals surface area contributed by atoms with E-state index in [2.05, 4.69) is 19.2 Å². The van der Waals surface area contributed by atoms with E-state index in [0.717, 1.165) is 6.42 Å². The predicted molar refractivity (Wildman–Crippen MR) is 103 cm³/mol. The van der Waals surface area contributed by atoms with Gasteiger partial charge in [0, 0.05) is 11.8 Å². The van der Waals surface area contributed by atoms with E-state index >= 15 is 0 Å². The van der Waals surface area contributed by atoms with Gasteiger partial charge in [0.25, 0.3) is 5.91 Å². The summed E-state index contributed by atoms with van der Waals surface area (Å²) in [5.41, 5.74) is 0.889. The molecule has 0 aromatic heterocycles. The van der Waals surface area contributed by atoms with Crippen molar-refractivity contribution in [1.29, 1.82) is 0 Å². The van der Waals surface area contributed by atoms with E-state index in [1.807, 2.05) is 0 Å². The summed E-state index contributed by atoms with van der Waals surface area (Å²) < 4.78 is 21.1. The molecule has 3 rings (SSSR count). The Hall–Kier alpha value is -3.22. The van der Waals surface area contributed by atoms with Gasteiger partial charge >= 0.3 is 5.97 Å². The molecule has 0 saturated carbocycles. The van der Waals surface area contributed by atoms with Gasteiger partial charge in [0.15, 0.2) is 18.1 Å². The SMILES string of the molecule is CC(C)CCOc1ccc(C(=O)OCC(=O)Nc2ccc3c(c2)OCO3)cc1. The van der Waals surface area contributed by atoms with Crippen molar-refractivity contribution in [3.05, 3.63) is 48.0 Å². The van der Waals surface area contributed by atoms with Gasteiger partial charge in [0.1, 0.15) is 5.75 Å². The van der Waals surface area contributed by atoms with Crippen LogP contribution in [-0.2, 0) is 9.53 Å².